The molecule has 108 valence electrons. The van der Waals surface area contributed by atoms with E-state index in [1.807, 2.05) is 23.1 Å². The molecule has 1 unspecified atom stereocenters. The zero-order chi connectivity index (χ0) is 14.7. The molecule has 0 saturated heterocycles. The highest BCUT2D eigenvalue weighted by atomic mass is 16.2. The molecule has 5 nitrogen and oxygen atoms in total. The first-order valence-electron chi connectivity index (χ1n) is 7.20. The van der Waals surface area contributed by atoms with Crippen LogP contribution in [0.5, 0.6) is 0 Å². The molecular weight excluding hydrogens is 264 g/mol. The maximum absolute atomic E-state index is 12.7. The van der Waals surface area contributed by atoms with Crippen LogP contribution in [0.1, 0.15) is 35.3 Å². The van der Waals surface area contributed by atoms with Gasteiger partial charge >= 0.3 is 0 Å². The molecule has 0 aliphatic carbocycles. The van der Waals surface area contributed by atoms with Gasteiger partial charge in [0, 0.05) is 30.7 Å². The minimum absolute atomic E-state index is 0.0435. The highest BCUT2D eigenvalue weighted by Crippen LogP contribution is 2.34. The number of nitrogens with zero attached hydrogens (tertiary/aromatic N) is 3. The number of hydrogen-bond acceptors (Lipinski definition) is 4. The fourth-order valence-electron chi connectivity index (χ4n) is 2.80. The van der Waals surface area contributed by atoms with Crippen molar-refractivity contribution in [3.8, 4) is 0 Å². The average molecular weight is 282 g/mol. The predicted molar refractivity (Wildman–Crippen MR) is 81.2 cm³/mol. The van der Waals surface area contributed by atoms with Crippen LogP contribution in [-0.2, 0) is 0 Å². The van der Waals surface area contributed by atoms with Crippen molar-refractivity contribution < 1.29 is 4.79 Å². The van der Waals surface area contributed by atoms with Crippen molar-refractivity contribution in [1.82, 2.24) is 15.3 Å². The van der Waals surface area contributed by atoms with Crippen LogP contribution < -0.4 is 10.2 Å². The van der Waals surface area contributed by atoms with Crippen molar-refractivity contribution in [3.05, 3.63) is 54.1 Å². The summed E-state index contributed by atoms with van der Waals surface area (Å²) in [5.74, 6) is -0.0435. The van der Waals surface area contributed by atoms with Crippen molar-refractivity contribution in [2.45, 2.75) is 19.4 Å². The summed E-state index contributed by atoms with van der Waals surface area (Å²) in [5, 5.41) is 3.48. The summed E-state index contributed by atoms with van der Waals surface area (Å²) in [6, 6.07) is 8.38. The van der Waals surface area contributed by atoms with Gasteiger partial charge in [-0.3, -0.25) is 4.79 Å². The number of rotatable bonds is 3. The lowest BCUT2D eigenvalue weighted by Crippen LogP contribution is -2.39. The molecule has 1 aromatic heterocycles. The van der Waals surface area contributed by atoms with Crippen molar-refractivity contribution in [2.75, 3.05) is 18.0 Å². The maximum Gasteiger partial charge on any atom is 0.261 e. The third kappa shape index (κ3) is 2.64. The van der Waals surface area contributed by atoms with Gasteiger partial charge in [0.05, 0.1) is 5.56 Å². The SMILES string of the molecule is CCNC1CCN(C(=O)c2cncnc2)c2ccccc21. The van der Waals surface area contributed by atoms with Crippen molar-refractivity contribution in [3.63, 3.8) is 0 Å². The highest BCUT2D eigenvalue weighted by Gasteiger charge is 2.28. The Morgan fingerprint density at radius 2 is 2.10 bits per heavy atom. The molecule has 2 aromatic rings. The number of nitrogens with one attached hydrogen (secondary N) is 1. The monoisotopic (exact) mass is 282 g/mol. The van der Waals surface area contributed by atoms with Gasteiger partial charge in [0.15, 0.2) is 0 Å². The number of carbonyl (C=O) groups excluding carboxylic acids is 1. The van der Waals surface area contributed by atoms with E-state index in [0.29, 0.717) is 18.2 Å². The standard InChI is InChI=1S/C16H18N4O/c1-2-19-14-7-8-20(15-6-4-3-5-13(14)15)16(21)12-9-17-11-18-10-12/h3-6,9-11,14,19H,2,7-8H2,1H3. The summed E-state index contributed by atoms with van der Waals surface area (Å²) >= 11 is 0. The van der Waals surface area contributed by atoms with Gasteiger partial charge in [0.2, 0.25) is 0 Å². The lowest BCUT2D eigenvalue weighted by molar-refractivity contribution is 0.0983. The second kappa shape index (κ2) is 6.01. The molecule has 2 heterocycles. The first-order chi connectivity index (χ1) is 10.3. The van der Waals surface area contributed by atoms with Gasteiger partial charge in [-0.25, -0.2) is 9.97 Å². The molecule has 0 bridgehead atoms. The molecule has 1 aliphatic rings. The molecule has 1 amide bonds. The maximum atomic E-state index is 12.7. The van der Waals surface area contributed by atoms with Gasteiger partial charge in [-0.2, -0.15) is 0 Å². The van der Waals surface area contributed by atoms with Crippen LogP contribution in [0.15, 0.2) is 43.0 Å². The first-order valence-corrected chi connectivity index (χ1v) is 7.20. The van der Waals surface area contributed by atoms with E-state index < -0.39 is 0 Å². The van der Waals surface area contributed by atoms with E-state index in [1.54, 1.807) is 12.4 Å². The van der Waals surface area contributed by atoms with Crippen molar-refractivity contribution in [1.29, 1.82) is 0 Å². The lowest BCUT2D eigenvalue weighted by atomic mass is 9.96. The topological polar surface area (TPSA) is 58.1 Å². The van der Waals surface area contributed by atoms with E-state index in [-0.39, 0.29) is 5.91 Å². The van der Waals surface area contributed by atoms with E-state index in [4.69, 9.17) is 0 Å². The van der Waals surface area contributed by atoms with Gasteiger partial charge in [0.1, 0.15) is 6.33 Å². The molecule has 0 saturated carbocycles. The Bertz CT molecular complexity index is 629. The van der Waals surface area contributed by atoms with Crippen LogP contribution in [0.2, 0.25) is 0 Å². The van der Waals surface area contributed by atoms with Gasteiger partial charge in [0.25, 0.3) is 5.91 Å². The van der Waals surface area contributed by atoms with Gasteiger partial charge in [-0.05, 0) is 24.6 Å². The van der Waals surface area contributed by atoms with Crippen LogP contribution >= 0.6 is 0 Å². The molecule has 0 spiro atoms. The molecule has 3 rings (SSSR count). The number of anilines is 1. The third-order valence-corrected chi connectivity index (χ3v) is 3.75. The Balaban J connectivity index is 1.94. The molecule has 1 aliphatic heterocycles. The van der Waals surface area contributed by atoms with Gasteiger partial charge < -0.3 is 10.2 Å². The summed E-state index contributed by atoms with van der Waals surface area (Å²) in [4.78, 5) is 22.3. The Labute approximate surface area is 124 Å². The number of aromatic nitrogens is 2. The molecule has 5 heteroatoms. The molecule has 1 atom stereocenters. The third-order valence-electron chi connectivity index (χ3n) is 3.75. The van der Waals surface area contributed by atoms with Crippen LogP contribution in [0.25, 0.3) is 0 Å². The number of carbonyl (C=O) groups is 1. The fraction of sp³-hybridized carbons (Fsp3) is 0.312. The lowest BCUT2D eigenvalue weighted by Gasteiger charge is -2.34. The van der Waals surface area contributed by atoms with E-state index in [1.165, 1.54) is 11.9 Å². The Kier molecular flexibility index (Phi) is 3.92. The second-order valence-corrected chi connectivity index (χ2v) is 5.04. The summed E-state index contributed by atoms with van der Waals surface area (Å²) in [7, 11) is 0. The molecule has 0 fully saturated rings. The number of fused-ring (bicyclic) bond motifs is 1. The molecule has 21 heavy (non-hydrogen) atoms. The van der Waals surface area contributed by atoms with Gasteiger partial charge in [-0.15, -0.1) is 0 Å². The van der Waals surface area contributed by atoms with Crippen LogP contribution in [0.3, 0.4) is 0 Å². The van der Waals surface area contributed by atoms with Crippen molar-refractivity contribution >= 4 is 11.6 Å². The molecule has 1 N–H and O–H groups in total. The first kappa shape index (κ1) is 13.7. The van der Waals surface area contributed by atoms with E-state index in [2.05, 4.69) is 28.3 Å². The molecule has 1 aromatic carbocycles. The van der Waals surface area contributed by atoms with Crippen LogP contribution in [0, 0.1) is 0 Å². The quantitative estimate of drug-likeness (QED) is 0.937. The van der Waals surface area contributed by atoms with Gasteiger partial charge in [-0.1, -0.05) is 25.1 Å². The van der Waals surface area contributed by atoms with Crippen LogP contribution in [-0.4, -0.2) is 29.0 Å². The number of benzene rings is 1. The second-order valence-electron chi connectivity index (χ2n) is 5.04. The Hall–Kier alpha value is -2.27. The Morgan fingerprint density at radius 3 is 2.86 bits per heavy atom. The Morgan fingerprint density at radius 1 is 1.33 bits per heavy atom. The highest BCUT2D eigenvalue weighted by molar-refractivity contribution is 6.06. The average Bonchev–Trinajstić information content (AvgIpc) is 2.56. The van der Waals surface area contributed by atoms with E-state index >= 15 is 0 Å². The van der Waals surface area contributed by atoms with E-state index in [9.17, 15) is 4.79 Å². The fourth-order valence-corrected chi connectivity index (χ4v) is 2.80. The number of para-hydroxylation sites is 1. The summed E-state index contributed by atoms with van der Waals surface area (Å²) in [5.41, 5.74) is 2.67. The zero-order valence-electron chi connectivity index (χ0n) is 12.0. The number of amides is 1. The normalized spacial score (nSPS) is 17.4. The van der Waals surface area contributed by atoms with Crippen molar-refractivity contribution in [2.24, 2.45) is 0 Å². The van der Waals surface area contributed by atoms with Crippen LogP contribution in [0.4, 0.5) is 5.69 Å². The largest absolute Gasteiger partial charge is 0.310 e. The molecule has 0 radical (unpaired) electrons. The summed E-state index contributed by atoms with van der Waals surface area (Å²) in [6.07, 6.45) is 5.47. The van der Waals surface area contributed by atoms with E-state index in [0.717, 1.165) is 18.7 Å². The minimum atomic E-state index is -0.0435. The molecular formula is C16H18N4O. The smallest absolute Gasteiger partial charge is 0.261 e. The zero-order valence-corrected chi connectivity index (χ0v) is 12.0. The summed E-state index contributed by atoms with van der Waals surface area (Å²) in [6.45, 7) is 3.71. The minimum Gasteiger partial charge on any atom is -0.310 e. The predicted octanol–water partition coefficient (Wildman–Crippen LogP) is 2.18. The summed E-state index contributed by atoms with van der Waals surface area (Å²) < 4.78 is 0. The number of hydrogen-bond donors (Lipinski definition) is 1.